The van der Waals surface area contributed by atoms with E-state index in [2.05, 4.69) is 21.8 Å². The minimum atomic E-state index is 0.0589. The maximum absolute atomic E-state index is 7.47. The molecule has 19 heavy (non-hydrogen) atoms. The van der Waals surface area contributed by atoms with Crippen LogP contribution in [0.2, 0.25) is 0 Å². The summed E-state index contributed by atoms with van der Waals surface area (Å²) in [6.45, 7) is 3.66. The number of nitrogens with one attached hydrogen (secondary N) is 1. The van der Waals surface area contributed by atoms with Crippen molar-refractivity contribution >= 4 is 11.7 Å². The number of aromatic nitrogens is 2. The van der Waals surface area contributed by atoms with Crippen molar-refractivity contribution in [3.05, 3.63) is 54.0 Å². The number of nitrogen functional groups attached to an aromatic ring is 1. The van der Waals surface area contributed by atoms with Crippen LogP contribution in [-0.4, -0.2) is 22.3 Å². The van der Waals surface area contributed by atoms with Crippen LogP contribution in [0.1, 0.15) is 18.1 Å². The van der Waals surface area contributed by atoms with Crippen molar-refractivity contribution in [2.75, 3.05) is 11.4 Å². The smallest absolute Gasteiger partial charge is 0.129 e. The van der Waals surface area contributed by atoms with Gasteiger partial charge < -0.3 is 10.6 Å². The SMILES string of the molecule is CCN(Cc1ccncc1)c1cc(C(=N)N)ccn1. The molecular formula is C14H17N5. The largest absolute Gasteiger partial charge is 0.384 e. The average molecular weight is 255 g/mol. The molecule has 0 unspecified atom stereocenters. The highest BCUT2D eigenvalue weighted by Crippen LogP contribution is 2.15. The first-order valence-corrected chi connectivity index (χ1v) is 6.15. The van der Waals surface area contributed by atoms with Gasteiger partial charge in [-0.1, -0.05) is 0 Å². The maximum atomic E-state index is 7.47. The van der Waals surface area contributed by atoms with Crippen LogP contribution in [0.3, 0.4) is 0 Å². The number of anilines is 1. The summed E-state index contributed by atoms with van der Waals surface area (Å²) >= 11 is 0. The fourth-order valence-corrected chi connectivity index (χ4v) is 1.82. The zero-order valence-corrected chi connectivity index (χ0v) is 10.9. The molecule has 2 aromatic heterocycles. The molecule has 0 aliphatic heterocycles. The Bertz CT molecular complexity index is 553. The predicted octanol–water partition coefficient (Wildman–Crippen LogP) is 1.79. The Morgan fingerprint density at radius 1 is 1.26 bits per heavy atom. The Kier molecular flexibility index (Phi) is 4.07. The van der Waals surface area contributed by atoms with Gasteiger partial charge in [0, 0.05) is 37.2 Å². The van der Waals surface area contributed by atoms with Crippen molar-refractivity contribution in [2.45, 2.75) is 13.5 Å². The van der Waals surface area contributed by atoms with Crippen LogP contribution in [0, 0.1) is 5.41 Å². The van der Waals surface area contributed by atoms with Crippen molar-refractivity contribution in [3.8, 4) is 0 Å². The number of amidine groups is 1. The molecule has 0 saturated carbocycles. The molecule has 0 fully saturated rings. The number of hydrogen-bond acceptors (Lipinski definition) is 4. The third kappa shape index (κ3) is 3.28. The molecule has 0 aliphatic rings. The third-order valence-corrected chi connectivity index (χ3v) is 2.89. The molecule has 98 valence electrons. The van der Waals surface area contributed by atoms with Crippen LogP contribution in [-0.2, 0) is 6.54 Å². The Morgan fingerprint density at radius 2 is 2.00 bits per heavy atom. The van der Waals surface area contributed by atoms with Gasteiger partial charge in [0.25, 0.3) is 0 Å². The van der Waals surface area contributed by atoms with Crippen LogP contribution in [0.15, 0.2) is 42.9 Å². The van der Waals surface area contributed by atoms with Gasteiger partial charge in [0.15, 0.2) is 0 Å². The lowest BCUT2D eigenvalue weighted by atomic mass is 10.2. The zero-order chi connectivity index (χ0) is 13.7. The normalized spacial score (nSPS) is 10.2. The third-order valence-electron chi connectivity index (χ3n) is 2.89. The fourth-order valence-electron chi connectivity index (χ4n) is 1.82. The molecule has 3 N–H and O–H groups in total. The van der Waals surface area contributed by atoms with Gasteiger partial charge in [-0.3, -0.25) is 10.4 Å². The van der Waals surface area contributed by atoms with Crippen molar-refractivity contribution in [1.82, 2.24) is 9.97 Å². The second kappa shape index (κ2) is 5.95. The summed E-state index contributed by atoms with van der Waals surface area (Å²) < 4.78 is 0. The Hall–Kier alpha value is -2.43. The molecule has 5 heteroatoms. The van der Waals surface area contributed by atoms with E-state index in [4.69, 9.17) is 11.1 Å². The van der Waals surface area contributed by atoms with Crippen LogP contribution >= 0.6 is 0 Å². The van der Waals surface area contributed by atoms with Gasteiger partial charge in [-0.05, 0) is 36.8 Å². The van der Waals surface area contributed by atoms with Gasteiger partial charge >= 0.3 is 0 Å². The first-order chi connectivity index (χ1) is 9.20. The molecule has 0 saturated heterocycles. The predicted molar refractivity (Wildman–Crippen MR) is 76.2 cm³/mol. The molecule has 0 spiro atoms. The summed E-state index contributed by atoms with van der Waals surface area (Å²) in [6, 6.07) is 7.55. The van der Waals surface area contributed by atoms with E-state index >= 15 is 0 Å². The Balaban J connectivity index is 2.22. The van der Waals surface area contributed by atoms with Crippen molar-refractivity contribution in [1.29, 1.82) is 5.41 Å². The minimum Gasteiger partial charge on any atom is -0.384 e. The molecule has 5 nitrogen and oxygen atoms in total. The molecular weight excluding hydrogens is 238 g/mol. The number of nitrogens with zero attached hydrogens (tertiary/aromatic N) is 3. The number of hydrogen-bond donors (Lipinski definition) is 2. The minimum absolute atomic E-state index is 0.0589. The van der Waals surface area contributed by atoms with Gasteiger partial charge in [0.05, 0.1) is 0 Å². The number of nitrogens with two attached hydrogens (primary N) is 1. The van der Waals surface area contributed by atoms with Crippen molar-refractivity contribution in [2.24, 2.45) is 5.73 Å². The molecule has 2 aromatic rings. The Labute approximate surface area is 112 Å². The van der Waals surface area contributed by atoms with Gasteiger partial charge in [-0.25, -0.2) is 4.98 Å². The van der Waals surface area contributed by atoms with E-state index in [-0.39, 0.29) is 5.84 Å². The highest BCUT2D eigenvalue weighted by Gasteiger charge is 2.08. The summed E-state index contributed by atoms with van der Waals surface area (Å²) in [4.78, 5) is 10.5. The first kappa shape index (κ1) is 13.0. The van der Waals surface area contributed by atoms with E-state index in [1.165, 1.54) is 5.56 Å². The molecule has 0 atom stereocenters. The van der Waals surface area contributed by atoms with Crippen LogP contribution in [0.4, 0.5) is 5.82 Å². The zero-order valence-electron chi connectivity index (χ0n) is 10.9. The quantitative estimate of drug-likeness (QED) is 0.630. The van der Waals surface area contributed by atoms with Crippen molar-refractivity contribution < 1.29 is 0 Å². The van der Waals surface area contributed by atoms with Crippen LogP contribution in [0.5, 0.6) is 0 Å². The maximum Gasteiger partial charge on any atom is 0.129 e. The molecule has 0 aromatic carbocycles. The second-order valence-electron chi connectivity index (χ2n) is 4.19. The summed E-state index contributed by atoms with van der Waals surface area (Å²) in [6.07, 6.45) is 5.24. The summed E-state index contributed by atoms with van der Waals surface area (Å²) in [5.74, 6) is 0.885. The first-order valence-electron chi connectivity index (χ1n) is 6.15. The van der Waals surface area contributed by atoms with E-state index in [0.717, 1.165) is 18.9 Å². The van der Waals surface area contributed by atoms with E-state index in [1.54, 1.807) is 24.7 Å². The molecule has 0 bridgehead atoms. The average Bonchev–Trinajstić information content (AvgIpc) is 2.46. The summed E-state index contributed by atoms with van der Waals surface area (Å²) in [5, 5.41) is 7.47. The van der Waals surface area contributed by atoms with Crippen LogP contribution in [0.25, 0.3) is 0 Å². The van der Waals surface area contributed by atoms with Crippen LogP contribution < -0.4 is 10.6 Å². The van der Waals surface area contributed by atoms with Gasteiger partial charge in [-0.2, -0.15) is 0 Å². The molecule has 0 radical (unpaired) electrons. The number of pyridine rings is 2. The standard InChI is InChI=1S/C14H17N5/c1-2-19(10-11-3-6-17-7-4-11)13-9-12(14(15)16)5-8-18-13/h3-9H,2,10H2,1H3,(H3,15,16). The monoisotopic (exact) mass is 255 g/mol. The van der Waals surface area contributed by atoms with E-state index in [1.807, 2.05) is 18.2 Å². The molecule has 2 heterocycles. The lowest BCUT2D eigenvalue weighted by Crippen LogP contribution is -2.23. The van der Waals surface area contributed by atoms with Gasteiger partial charge in [-0.15, -0.1) is 0 Å². The van der Waals surface area contributed by atoms with E-state index in [9.17, 15) is 0 Å². The summed E-state index contributed by atoms with van der Waals surface area (Å²) in [5.41, 5.74) is 7.37. The molecule has 2 rings (SSSR count). The lowest BCUT2D eigenvalue weighted by molar-refractivity contribution is 0.812. The lowest BCUT2D eigenvalue weighted by Gasteiger charge is -2.22. The highest BCUT2D eigenvalue weighted by atomic mass is 15.2. The van der Waals surface area contributed by atoms with Gasteiger partial charge in [0.1, 0.15) is 11.7 Å². The Morgan fingerprint density at radius 3 is 2.63 bits per heavy atom. The fraction of sp³-hybridized carbons (Fsp3) is 0.214. The molecule has 0 aliphatic carbocycles. The van der Waals surface area contributed by atoms with Gasteiger partial charge in [0.2, 0.25) is 0 Å². The van der Waals surface area contributed by atoms with Crippen molar-refractivity contribution in [3.63, 3.8) is 0 Å². The van der Waals surface area contributed by atoms with E-state index < -0.39 is 0 Å². The highest BCUT2D eigenvalue weighted by molar-refractivity contribution is 5.95. The second-order valence-corrected chi connectivity index (χ2v) is 4.19. The topological polar surface area (TPSA) is 78.9 Å². The van der Waals surface area contributed by atoms with E-state index in [0.29, 0.717) is 5.56 Å². The molecule has 0 amide bonds. The number of rotatable bonds is 5. The summed E-state index contributed by atoms with van der Waals surface area (Å²) in [7, 11) is 0.